The van der Waals surface area contributed by atoms with Gasteiger partial charge in [-0.3, -0.25) is 9.59 Å². The normalized spacial score (nSPS) is 21.0. The number of methoxy groups -OCH3 is 2. The Balaban J connectivity index is 1.77. The van der Waals surface area contributed by atoms with Gasteiger partial charge in [0.25, 0.3) is 0 Å². The third-order valence-corrected chi connectivity index (χ3v) is 7.64. The van der Waals surface area contributed by atoms with Gasteiger partial charge < -0.3 is 9.47 Å². The first-order valence-corrected chi connectivity index (χ1v) is 11.8. The highest BCUT2D eigenvalue weighted by Gasteiger charge is 2.57. The summed E-state index contributed by atoms with van der Waals surface area (Å²) in [7, 11) is 2.63. The number of esters is 2. The van der Waals surface area contributed by atoms with Gasteiger partial charge in [-0.1, -0.05) is 69.3 Å². The minimum Gasteiger partial charge on any atom is -0.466 e. The van der Waals surface area contributed by atoms with Crippen LogP contribution < -0.4 is 0 Å². The van der Waals surface area contributed by atoms with E-state index in [1.165, 1.54) is 26.4 Å². The third kappa shape index (κ3) is 5.38. The quantitative estimate of drug-likeness (QED) is 0.274. The highest BCUT2D eigenvalue weighted by Crippen LogP contribution is 2.58. The summed E-state index contributed by atoms with van der Waals surface area (Å²) in [6.07, 6.45) is 7.15. The lowest BCUT2D eigenvalue weighted by molar-refractivity contribution is -0.135. The van der Waals surface area contributed by atoms with Gasteiger partial charge >= 0.3 is 11.9 Å². The molecule has 1 aliphatic carbocycles. The van der Waals surface area contributed by atoms with Gasteiger partial charge in [-0.25, -0.2) is 9.59 Å². The molecule has 0 aliphatic heterocycles. The van der Waals surface area contributed by atoms with Crippen LogP contribution in [0.15, 0.2) is 60.7 Å². The number of hydrogen-bond acceptors (Lipinski definition) is 6. The van der Waals surface area contributed by atoms with Crippen molar-refractivity contribution < 1.29 is 28.7 Å². The number of ether oxygens (including phenoxy) is 2. The van der Waals surface area contributed by atoms with E-state index < -0.39 is 22.8 Å². The lowest BCUT2D eigenvalue weighted by atomic mass is 9.61. The second-order valence-electron chi connectivity index (χ2n) is 9.80. The molecule has 2 aromatic rings. The lowest BCUT2D eigenvalue weighted by Gasteiger charge is -2.40. The van der Waals surface area contributed by atoms with Crippen LogP contribution in [0.25, 0.3) is 12.2 Å². The van der Waals surface area contributed by atoms with Crippen LogP contribution in [0.4, 0.5) is 0 Å². The fourth-order valence-electron chi connectivity index (χ4n) is 4.85. The molecule has 1 saturated carbocycles. The lowest BCUT2D eigenvalue weighted by Crippen LogP contribution is -2.42. The van der Waals surface area contributed by atoms with Crippen LogP contribution in [0.5, 0.6) is 0 Å². The maximum absolute atomic E-state index is 13.7. The Labute approximate surface area is 212 Å². The van der Waals surface area contributed by atoms with Crippen LogP contribution in [-0.4, -0.2) is 37.7 Å². The standard InChI is InChI=1S/C30H32O6/c1-29(2)24(27(33)22-12-6-20(7-13-22)10-16-25(31)35-4)18-19-30(29,3)28(34)23-14-8-21(9-15-23)11-17-26(32)36-5/h6-17,24H,18-19H2,1-5H3/b16-10+,17-11+. The molecule has 2 atom stereocenters. The molecule has 0 aromatic heterocycles. The number of benzene rings is 2. The summed E-state index contributed by atoms with van der Waals surface area (Å²) in [6.45, 7) is 5.96. The van der Waals surface area contributed by atoms with Crippen molar-refractivity contribution in [2.75, 3.05) is 14.2 Å². The van der Waals surface area contributed by atoms with E-state index in [0.717, 1.165) is 11.1 Å². The minimum atomic E-state index is -0.708. The molecule has 0 saturated heterocycles. The molecule has 1 aliphatic rings. The molecule has 1 fully saturated rings. The largest absolute Gasteiger partial charge is 0.466 e. The zero-order valence-corrected chi connectivity index (χ0v) is 21.4. The molecule has 3 rings (SSSR count). The molecular weight excluding hydrogens is 456 g/mol. The second-order valence-corrected chi connectivity index (χ2v) is 9.80. The number of carbonyl (C=O) groups is 4. The van der Waals surface area contributed by atoms with Gasteiger partial charge in [0.15, 0.2) is 11.6 Å². The smallest absolute Gasteiger partial charge is 0.330 e. The average molecular weight is 489 g/mol. The molecule has 36 heavy (non-hydrogen) atoms. The fraction of sp³-hybridized carbons (Fsp3) is 0.333. The molecule has 0 spiro atoms. The van der Waals surface area contributed by atoms with Crippen LogP contribution >= 0.6 is 0 Å². The Morgan fingerprint density at radius 3 is 1.64 bits per heavy atom. The second kappa shape index (κ2) is 10.9. The molecule has 0 heterocycles. The molecule has 0 radical (unpaired) electrons. The summed E-state index contributed by atoms with van der Waals surface area (Å²) in [5.74, 6) is -1.17. The third-order valence-electron chi connectivity index (χ3n) is 7.64. The van der Waals surface area contributed by atoms with Gasteiger partial charge in [-0.05, 0) is 41.5 Å². The summed E-state index contributed by atoms with van der Waals surface area (Å²) in [5, 5.41) is 0. The van der Waals surface area contributed by atoms with Crippen molar-refractivity contribution in [1.82, 2.24) is 0 Å². The molecule has 0 bridgehead atoms. The molecule has 0 N–H and O–H groups in total. The van der Waals surface area contributed by atoms with Gasteiger partial charge in [0, 0.05) is 34.6 Å². The number of hydrogen-bond donors (Lipinski definition) is 0. The van der Waals surface area contributed by atoms with E-state index in [1.54, 1.807) is 60.7 Å². The topological polar surface area (TPSA) is 86.7 Å². The summed E-state index contributed by atoms with van der Waals surface area (Å²) in [4.78, 5) is 49.7. The van der Waals surface area contributed by atoms with Gasteiger partial charge in [-0.15, -0.1) is 0 Å². The maximum atomic E-state index is 13.7. The van der Waals surface area contributed by atoms with Gasteiger partial charge in [0.2, 0.25) is 0 Å². The fourth-order valence-corrected chi connectivity index (χ4v) is 4.85. The van der Waals surface area contributed by atoms with Crippen molar-refractivity contribution in [3.63, 3.8) is 0 Å². The number of ketones is 2. The summed E-state index contributed by atoms with van der Waals surface area (Å²) < 4.78 is 9.20. The number of carbonyl (C=O) groups excluding carboxylic acids is 4. The van der Waals surface area contributed by atoms with E-state index >= 15 is 0 Å². The van der Waals surface area contributed by atoms with Crippen LogP contribution in [0.3, 0.4) is 0 Å². The first-order chi connectivity index (χ1) is 17.0. The maximum Gasteiger partial charge on any atom is 0.330 e. The first-order valence-electron chi connectivity index (χ1n) is 11.8. The van der Waals surface area contributed by atoms with E-state index in [1.807, 2.05) is 20.8 Å². The Morgan fingerprint density at radius 2 is 1.19 bits per heavy atom. The number of Topliss-reactive ketones (excluding diaryl/α,β-unsaturated/α-hetero) is 2. The van der Waals surface area contributed by atoms with Gasteiger partial charge in [-0.2, -0.15) is 0 Å². The highest BCUT2D eigenvalue weighted by molar-refractivity contribution is 6.04. The van der Waals surface area contributed by atoms with E-state index in [9.17, 15) is 19.2 Å². The Bertz CT molecular complexity index is 1200. The van der Waals surface area contributed by atoms with Crippen molar-refractivity contribution in [2.24, 2.45) is 16.7 Å². The molecule has 6 nitrogen and oxygen atoms in total. The van der Waals surface area contributed by atoms with Gasteiger partial charge in [0.1, 0.15) is 0 Å². The Hall–Kier alpha value is -3.80. The summed E-state index contributed by atoms with van der Waals surface area (Å²) in [6, 6.07) is 14.2. The molecular formula is C30H32O6. The Morgan fingerprint density at radius 1 is 0.750 bits per heavy atom. The van der Waals surface area contributed by atoms with Crippen molar-refractivity contribution in [3.05, 3.63) is 82.9 Å². The molecule has 188 valence electrons. The predicted molar refractivity (Wildman–Crippen MR) is 138 cm³/mol. The highest BCUT2D eigenvalue weighted by atomic mass is 16.5. The summed E-state index contributed by atoms with van der Waals surface area (Å²) in [5.41, 5.74) is 1.46. The molecule has 0 amide bonds. The van der Waals surface area contributed by atoms with Crippen molar-refractivity contribution >= 4 is 35.7 Å². The van der Waals surface area contributed by atoms with E-state index in [0.29, 0.717) is 24.0 Å². The van der Waals surface area contributed by atoms with Crippen LogP contribution in [0.2, 0.25) is 0 Å². The zero-order chi connectivity index (χ0) is 26.5. The zero-order valence-electron chi connectivity index (χ0n) is 21.4. The monoisotopic (exact) mass is 488 g/mol. The van der Waals surface area contributed by atoms with Crippen molar-refractivity contribution in [2.45, 2.75) is 33.6 Å². The van der Waals surface area contributed by atoms with E-state index in [4.69, 9.17) is 0 Å². The Kier molecular flexibility index (Phi) is 8.08. The first kappa shape index (κ1) is 26.8. The van der Waals surface area contributed by atoms with Crippen LogP contribution in [-0.2, 0) is 19.1 Å². The minimum absolute atomic E-state index is 0.00888. The predicted octanol–water partition coefficient (Wildman–Crippen LogP) is 5.57. The van der Waals surface area contributed by atoms with Crippen molar-refractivity contribution in [1.29, 1.82) is 0 Å². The molecule has 6 heteroatoms. The molecule has 2 unspecified atom stereocenters. The van der Waals surface area contributed by atoms with Crippen LogP contribution in [0, 0.1) is 16.7 Å². The van der Waals surface area contributed by atoms with E-state index in [-0.39, 0.29) is 17.5 Å². The van der Waals surface area contributed by atoms with Gasteiger partial charge in [0.05, 0.1) is 14.2 Å². The SMILES string of the molecule is COC(=O)/C=C/c1ccc(C(=O)C2CCC(C)(C(=O)c3ccc(/C=C/C(=O)OC)cc3)C2(C)C)cc1. The number of rotatable bonds is 8. The van der Waals surface area contributed by atoms with Crippen LogP contribution in [0.1, 0.15) is 65.5 Å². The molecule has 2 aromatic carbocycles. The van der Waals surface area contributed by atoms with E-state index in [2.05, 4.69) is 9.47 Å². The van der Waals surface area contributed by atoms with Crippen molar-refractivity contribution in [3.8, 4) is 0 Å². The summed E-state index contributed by atoms with van der Waals surface area (Å²) >= 11 is 0. The average Bonchev–Trinajstić information content (AvgIpc) is 3.14.